The molecule has 0 saturated carbocycles. The van der Waals surface area contributed by atoms with Gasteiger partial charge in [0, 0.05) is 0 Å². The third-order valence-corrected chi connectivity index (χ3v) is 2.14. The largest absolute Gasteiger partial charge is 0.507 e. The van der Waals surface area contributed by atoms with E-state index >= 15 is 0 Å². The van der Waals surface area contributed by atoms with Gasteiger partial charge in [-0.15, -0.1) is 6.58 Å². The lowest BCUT2D eigenvalue weighted by Gasteiger charge is -2.10. The monoisotopic (exact) mass is 176 g/mol. The molecule has 13 heavy (non-hydrogen) atoms. The fourth-order valence-corrected chi connectivity index (χ4v) is 1.40. The maximum absolute atomic E-state index is 9.84. The minimum Gasteiger partial charge on any atom is -0.507 e. The van der Waals surface area contributed by atoms with Crippen LogP contribution in [0.5, 0.6) is 5.75 Å². The topological polar surface area (TPSA) is 20.2 Å². The number of hydrogen-bond acceptors (Lipinski definition) is 1. The summed E-state index contributed by atoms with van der Waals surface area (Å²) in [4.78, 5) is 0. The van der Waals surface area contributed by atoms with Gasteiger partial charge < -0.3 is 5.11 Å². The molecule has 0 amide bonds. The van der Waals surface area contributed by atoms with E-state index in [9.17, 15) is 5.11 Å². The smallest absolute Gasteiger partial charge is 0.122 e. The van der Waals surface area contributed by atoms with E-state index in [2.05, 4.69) is 20.4 Å². The molecular formula is C12H16O. The molecule has 0 aromatic heterocycles. The third-order valence-electron chi connectivity index (χ3n) is 2.14. The van der Waals surface area contributed by atoms with Gasteiger partial charge in [-0.1, -0.05) is 38.1 Å². The molecule has 0 aliphatic heterocycles. The molecule has 0 atom stereocenters. The van der Waals surface area contributed by atoms with Crippen molar-refractivity contribution in [1.29, 1.82) is 0 Å². The number of para-hydroxylation sites is 1. The number of hydrogen-bond donors (Lipinski definition) is 1. The summed E-state index contributed by atoms with van der Waals surface area (Å²) >= 11 is 0. The van der Waals surface area contributed by atoms with Crippen LogP contribution in [0.1, 0.15) is 30.9 Å². The number of aromatic hydroxyl groups is 1. The molecule has 1 aromatic carbocycles. The Bertz CT molecular complexity index is 300. The van der Waals surface area contributed by atoms with Crippen LogP contribution < -0.4 is 0 Å². The highest BCUT2D eigenvalue weighted by Crippen LogP contribution is 2.28. The first-order valence-corrected chi connectivity index (χ1v) is 4.58. The zero-order chi connectivity index (χ0) is 9.84. The zero-order valence-corrected chi connectivity index (χ0v) is 8.25. The van der Waals surface area contributed by atoms with Crippen LogP contribution in [0.2, 0.25) is 0 Å². The number of phenols is 1. The van der Waals surface area contributed by atoms with E-state index in [1.54, 1.807) is 6.08 Å². The van der Waals surface area contributed by atoms with Crippen molar-refractivity contribution in [3.63, 3.8) is 0 Å². The molecule has 0 saturated heterocycles. The first-order chi connectivity index (χ1) is 6.16. The summed E-state index contributed by atoms with van der Waals surface area (Å²) < 4.78 is 0. The Hall–Kier alpha value is -1.24. The standard InChI is InChI=1S/C12H16O/c1-4-6-10-7-5-8-11(9(2)3)12(10)13/h4-5,7-9,13H,1,6H2,2-3H3. The predicted octanol–water partition coefficient (Wildman–Crippen LogP) is 3.24. The number of rotatable bonds is 3. The summed E-state index contributed by atoms with van der Waals surface area (Å²) in [5.74, 6) is 0.794. The van der Waals surface area contributed by atoms with Crippen molar-refractivity contribution in [2.75, 3.05) is 0 Å². The first kappa shape index (κ1) is 9.85. The second-order valence-electron chi connectivity index (χ2n) is 3.50. The fourth-order valence-electron chi connectivity index (χ4n) is 1.40. The molecule has 0 spiro atoms. The Labute approximate surface area is 79.7 Å². The van der Waals surface area contributed by atoms with Gasteiger partial charge >= 0.3 is 0 Å². The van der Waals surface area contributed by atoms with Crippen molar-refractivity contribution >= 4 is 0 Å². The van der Waals surface area contributed by atoms with Crippen LogP contribution in [-0.2, 0) is 6.42 Å². The molecule has 0 heterocycles. The van der Waals surface area contributed by atoms with Crippen molar-refractivity contribution < 1.29 is 5.11 Å². The SMILES string of the molecule is C=CCc1cccc(C(C)C)c1O. The molecule has 0 aliphatic rings. The van der Waals surface area contributed by atoms with Crippen molar-refractivity contribution in [3.8, 4) is 5.75 Å². The van der Waals surface area contributed by atoms with E-state index in [4.69, 9.17) is 0 Å². The summed E-state index contributed by atoms with van der Waals surface area (Å²) in [7, 11) is 0. The molecule has 0 fully saturated rings. The van der Waals surface area contributed by atoms with Gasteiger partial charge in [0.05, 0.1) is 0 Å². The van der Waals surface area contributed by atoms with Gasteiger partial charge in [0.1, 0.15) is 5.75 Å². The molecule has 0 radical (unpaired) electrons. The molecule has 70 valence electrons. The molecular weight excluding hydrogens is 160 g/mol. The lowest BCUT2D eigenvalue weighted by atomic mass is 9.98. The zero-order valence-electron chi connectivity index (χ0n) is 8.25. The minimum absolute atomic E-state index is 0.366. The Kier molecular flexibility index (Phi) is 3.13. The number of benzene rings is 1. The van der Waals surface area contributed by atoms with E-state index < -0.39 is 0 Å². The lowest BCUT2D eigenvalue weighted by molar-refractivity contribution is 0.459. The van der Waals surface area contributed by atoms with Gasteiger partial charge in [-0.3, -0.25) is 0 Å². The number of phenolic OH excluding ortho intramolecular Hbond substituents is 1. The van der Waals surface area contributed by atoms with Gasteiger partial charge in [-0.25, -0.2) is 0 Å². The van der Waals surface area contributed by atoms with Crippen molar-refractivity contribution in [2.45, 2.75) is 26.2 Å². The Balaban J connectivity index is 3.10. The maximum Gasteiger partial charge on any atom is 0.122 e. The molecule has 1 nitrogen and oxygen atoms in total. The fraction of sp³-hybridized carbons (Fsp3) is 0.333. The maximum atomic E-state index is 9.84. The van der Waals surface area contributed by atoms with Gasteiger partial charge in [-0.2, -0.15) is 0 Å². The van der Waals surface area contributed by atoms with E-state index in [1.807, 2.05) is 18.2 Å². The Morgan fingerprint density at radius 2 is 2.15 bits per heavy atom. The van der Waals surface area contributed by atoms with Gasteiger partial charge in [0.2, 0.25) is 0 Å². The molecule has 1 rings (SSSR count). The molecule has 0 aliphatic carbocycles. The minimum atomic E-state index is 0.366. The average Bonchev–Trinajstić information content (AvgIpc) is 2.08. The van der Waals surface area contributed by atoms with Crippen molar-refractivity contribution in [1.82, 2.24) is 0 Å². The number of allylic oxidation sites excluding steroid dienone is 1. The Morgan fingerprint density at radius 1 is 1.46 bits per heavy atom. The van der Waals surface area contributed by atoms with Crippen LogP contribution in [0.3, 0.4) is 0 Å². The average molecular weight is 176 g/mol. The van der Waals surface area contributed by atoms with Crippen LogP contribution in [0, 0.1) is 0 Å². The van der Waals surface area contributed by atoms with Crippen LogP contribution >= 0.6 is 0 Å². The van der Waals surface area contributed by atoms with Crippen molar-refractivity contribution in [3.05, 3.63) is 42.0 Å². The molecule has 0 unspecified atom stereocenters. The first-order valence-electron chi connectivity index (χ1n) is 4.58. The second-order valence-corrected chi connectivity index (χ2v) is 3.50. The summed E-state index contributed by atoms with van der Waals surface area (Å²) in [5, 5.41) is 9.84. The predicted molar refractivity (Wildman–Crippen MR) is 56.1 cm³/mol. The van der Waals surface area contributed by atoms with Crippen LogP contribution in [-0.4, -0.2) is 5.11 Å². The van der Waals surface area contributed by atoms with Gasteiger partial charge in [-0.05, 0) is 23.5 Å². The van der Waals surface area contributed by atoms with Gasteiger partial charge in [0.25, 0.3) is 0 Å². The van der Waals surface area contributed by atoms with Crippen LogP contribution in [0.15, 0.2) is 30.9 Å². The van der Waals surface area contributed by atoms with E-state index in [0.29, 0.717) is 11.7 Å². The van der Waals surface area contributed by atoms with Gasteiger partial charge in [0.15, 0.2) is 0 Å². The highest BCUT2D eigenvalue weighted by Gasteiger charge is 2.08. The molecule has 1 N–H and O–H groups in total. The second kappa shape index (κ2) is 4.13. The van der Waals surface area contributed by atoms with Crippen LogP contribution in [0.25, 0.3) is 0 Å². The van der Waals surface area contributed by atoms with E-state index in [0.717, 1.165) is 17.5 Å². The van der Waals surface area contributed by atoms with Crippen LogP contribution in [0.4, 0.5) is 0 Å². The lowest BCUT2D eigenvalue weighted by Crippen LogP contribution is -1.91. The summed E-state index contributed by atoms with van der Waals surface area (Å²) in [6.07, 6.45) is 2.53. The molecule has 1 aromatic rings. The molecule has 1 heteroatoms. The highest BCUT2D eigenvalue weighted by atomic mass is 16.3. The highest BCUT2D eigenvalue weighted by molar-refractivity contribution is 5.42. The summed E-state index contributed by atoms with van der Waals surface area (Å²) in [5.41, 5.74) is 1.97. The molecule has 0 bridgehead atoms. The van der Waals surface area contributed by atoms with E-state index in [1.165, 1.54) is 0 Å². The van der Waals surface area contributed by atoms with E-state index in [-0.39, 0.29) is 0 Å². The Morgan fingerprint density at radius 3 is 2.69 bits per heavy atom. The summed E-state index contributed by atoms with van der Waals surface area (Å²) in [6.45, 7) is 7.81. The summed E-state index contributed by atoms with van der Waals surface area (Å²) in [6, 6.07) is 5.88. The van der Waals surface area contributed by atoms with Crippen molar-refractivity contribution in [2.24, 2.45) is 0 Å². The third kappa shape index (κ3) is 2.11. The quantitative estimate of drug-likeness (QED) is 0.701. The normalized spacial score (nSPS) is 10.4.